The molecule has 2 rings (SSSR count). The van der Waals surface area contributed by atoms with Crippen LogP contribution in [0.2, 0.25) is 0 Å². The number of amides is 1. The fourth-order valence-corrected chi connectivity index (χ4v) is 2.59. The summed E-state index contributed by atoms with van der Waals surface area (Å²) >= 11 is 3.46. The van der Waals surface area contributed by atoms with Crippen LogP contribution in [0.5, 0.6) is 0 Å². The molecule has 1 aliphatic carbocycles. The zero-order valence-corrected chi connectivity index (χ0v) is 12.3. The van der Waals surface area contributed by atoms with E-state index in [2.05, 4.69) is 21.2 Å². The van der Waals surface area contributed by atoms with Crippen molar-refractivity contribution in [2.75, 3.05) is 6.61 Å². The maximum Gasteiger partial charge on any atom is 0.252 e. The van der Waals surface area contributed by atoms with Gasteiger partial charge in [-0.1, -0.05) is 12.1 Å². The molecule has 1 aromatic rings. The summed E-state index contributed by atoms with van der Waals surface area (Å²) in [5.41, 5.74) is 1.78. The smallest absolute Gasteiger partial charge is 0.252 e. The van der Waals surface area contributed by atoms with Gasteiger partial charge in [-0.25, -0.2) is 0 Å². The summed E-state index contributed by atoms with van der Waals surface area (Å²) in [6, 6.07) is 5.97. The molecule has 0 aliphatic heterocycles. The van der Waals surface area contributed by atoms with Gasteiger partial charge in [-0.15, -0.1) is 0 Å². The Balaban J connectivity index is 1.91. The van der Waals surface area contributed by atoms with Crippen LogP contribution in [0.3, 0.4) is 0 Å². The van der Waals surface area contributed by atoms with E-state index < -0.39 is 0 Å². The Morgan fingerprint density at radius 2 is 2.22 bits per heavy atom. The van der Waals surface area contributed by atoms with Gasteiger partial charge in [0.1, 0.15) is 0 Å². The largest absolute Gasteiger partial charge is 0.378 e. The molecule has 1 saturated carbocycles. The van der Waals surface area contributed by atoms with Gasteiger partial charge in [0, 0.05) is 17.1 Å². The van der Waals surface area contributed by atoms with Gasteiger partial charge in [-0.3, -0.25) is 4.79 Å². The van der Waals surface area contributed by atoms with Gasteiger partial charge in [0.15, 0.2) is 0 Å². The SMILES string of the molecule is CCOC1CC(NC(=O)c2cccc(C)c2Br)C1. The van der Waals surface area contributed by atoms with E-state index in [0.29, 0.717) is 11.7 Å². The fraction of sp³-hybridized carbons (Fsp3) is 0.500. The van der Waals surface area contributed by atoms with Gasteiger partial charge in [0.25, 0.3) is 5.91 Å². The van der Waals surface area contributed by atoms with Crippen LogP contribution >= 0.6 is 15.9 Å². The van der Waals surface area contributed by atoms with Gasteiger partial charge in [0.2, 0.25) is 0 Å². The minimum atomic E-state index is -0.00877. The van der Waals surface area contributed by atoms with Gasteiger partial charge in [-0.05, 0) is 54.2 Å². The molecule has 18 heavy (non-hydrogen) atoms. The first-order valence-corrected chi connectivity index (χ1v) is 7.08. The topological polar surface area (TPSA) is 38.3 Å². The Morgan fingerprint density at radius 1 is 1.50 bits per heavy atom. The van der Waals surface area contributed by atoms with E-state index in [1.807, 2.05) is 32.0 Å². The molecule has 1 amide bonds. The molecular formula is C14H18BrNO2. The highest BCUT2D eigenvalue weighted by Crippen LogP contribution is 2.25. The molecule has 3 nitrogen and oxygen atoms in total. The second-order valence-corrected chi connectivity index (χ2v) is 5.45. The van der Waals surface area contributed by atoms with E-state index in [-0.39, 0.29) is 11.9 Å². The lowest BCUT2D eigenvalue weighted by Crippen LogP contribution is -2.47. The molecule has 1 aliphatic rings. The van der Waals surface area contributed by atoms with E-state index in [0.717, 1.165) is 29.5 Å². The highest BCUT2D eigenvalue weighted by atomic mass is 79.9. The third kappa shape index (κ3) is 2.93. The van der Waals surface area contributed by atoms with Gasteiger partial charge >= 0.3 is 0 Å². The molecule has 1 fully saturated rings. The predicted molar refractivity (Wildman–Crippen MR) is 74.8 cm³/mol. The number of hydrogen-bond acceptors (Lipinski definition) is 2. The molecule has 1 aromatic carbocycles. The monoisotopic (exact) mass is 311 g/mol. The molecule has 0 aromatic heterocycles. The standard InChI is InChI=1S/C14H18BrNO2/c1-3-18-11-7-10(8-11)16-14(17)12-6-4-5-9(2)13(12)15/h4-6,10-11H,3,7-8H2,1-2H3,(H,16,17). The maximum absolute atomic E-state index is 12.1. The molecular weight excluding hydrogens is 294 g/mol. The summed E-state index contributed by atoms with van der Waals surface area (Å²) in [5, 5.41) is 3.04. The summed E-state index contributed by atoms with van der Waals surface area (Å²) in [6.45, 7) is 4.72. The van der Waals surface area contributed by atoms with Crippen molar-refractivity contribution in [3.05, 3.63) is 33.8 Å². The number of nitrogens with one attached hydrogen (secondary N) is 1. The molecule has 0 bridgehead atoms. The third-order valence-electron chi connectivity index (χ3n) is 3.27. The number of carbonyl (C=O) groups excluding carboxylic acids is 1. The second-order valence-electron chi connectivity index (χ2n) is 4.66. The van der Waals surface area contributed by atoms with Crippen molar-refractivity contribution in [2.45, 2.75) is 38.8 Å². The number of benzene rings is 1. The number of halogens is 1. The van der Waals surface area contributed by atoms with Crippen molar-refractivity contribution < 1.29 is 9.53 Å². The molecule has 0 heterocycles. The first kappa shape index (κ1) is 13.6. The van der Waals surface area contributed by atoms with E-state index in [1.165, 1.54) is 0 Å². The fourth-order valence-electron chi connectivity index (χ4n) is 2.14. The maximum atomic E-state index is 12.1. The van der Waals surface area contributed by atoms with Crippen LogP contribution in [0.4, 0.5) is 0 Å². The third-order valence-corrected chi connectivity index (χ3v) is 4.32. The van der Waals surface area contributed by atoms with Crippen LogP contribution < -0.4 is 5.32 Å². The van der Waals surface area contributed by atoms with Crippen LogP contribution in [0.15, 0.2) is 22.7 Å². The lowest BCUT2D eigenvalue weighted by molar-refractivity contribution is -0.00863. The quantitative estimate of drug-likeness (QED) is 0.928. The molecule has 0 atom stereocenters. The number of aryl methyl sites for hydroxylation is 1. The lowest BCUT2D eigenvalue weighted by Gasteiger charge is -2.35. The lowest BCUT2D eigenvalue weighted by atomic mass is 9.89. The Kier molecular flexibility index (Phi) is 4.40. The van der Waals surface area contributed by atoms with Gasteiger partial charge in [-0.2, -0.15) is 0 Å². The van der Waals surface area contributed by atoms with E-state index >= 15 is 0 Å². The van der Waals surface area contributed by atoms with Crippen molar-refractivity contribution in [3.63, 3.8) is 0 Å². The van der Waals surface area contributed by atoms with Crippen molar-refractivity contribution in [1.29, 1.82) is 0 Å². The summed E-state index contributed by atoms with van der Waals surface area (Å²) in [4.78, 5) is 12.1. The predicted octanol–water partition coefficient (Wildman–Crippen LogP) is 3.05. The van der Waals surface area contributed by atoms with Gasteiger partial charge in [0.05, 0.1) is 11.7 Å². The minimum Gasteiger partial charge on any atom is -0.378 e. The van der Waals surface area contributed by atoms with Crippen molar-refractivity contribution in [3.8, 4) is 0 Å². The number of carbonyl (C=O) groups is 1. The van der Waals surface area contributed by atoms with Crippen molar-refractivity contribution in [2.24, 2.45) is 0 Å². The Hall–Kier alpha value is -0.870. The Morgan fingerprint density at radius 3 is 2.89 bits per heavy atom. The molecule has 0 unspecified atom stereocenters. The Labute approximate surface area is 116 Å². The summed E-state index contributed by atoms with van der Waals surface area (Å²) in [7, 11) is 0. The van der Waals surface area contributed by atoms with Crippen molar-refractivity contribution >= 4 is 21.8 Å². The summed E-state index contributed by atoms with van der Waals surface area (Å²) in [5.74, 6) is -0.00877. The average molecular weight is 312 g/mol. The number of rotatable bonds is 4. The average Bonchev–Trinajstić information content (AvgIpc) is 2.30. The van der Waals surface area contributed by atoms with Crippen LogP contribution in [-0.4, -0.2) is 24.7 Å². The van der Waals surface area contributed by atoms with Crippen LogP contribution in [-0.2, 0) is 4.74 Å². The van der Waals surface area contributed by atoms with Gasteiger partial charge < -0.3 is 10.1 Å². The van der Waals surface area contributed by atoms with E-state index in [1.54, 1.807) is 0 Å². The van der Waals surface area contributed by atoms with Crippen LogP contribution in [0.1, 0.15) is 35.7 Å². The first-order chi connectivity index (χ1) is 8.61. The highest BCUT2D eigenvalue weighted by molar-refractivity contribution is 9.10. The molecule has 0 saturated heterocycles. The minimum absolute atomic E-state index is 0.00877. The number of hydrogen-bond donors (Lipinski definition) is 1. The molecule has 4 heteroatoms. The zero-order valence-electron chi connectivity index (χ0n) is 10.7. The molecule has 0 spiro atoms. The van der Waals surface area contributed by atoms with Crippen LogP contribution in [0.25, 0.3) is 0 Å². The van der Waals surface area contributed by atoms with Crippen LogP contribution in [0, 0.1) is 6.92 Å². The van der Waals surface area contributed by atoms with E-state index in [4.69, 9.17) is 4.74 Å². The summed E-state index contributed by atoms with van der Waals surface area (Å²) < 4.78 is 6.36. The Bertz CT molecular complexity index is 441. The highest BCUT2D eigenvalue weighted by Gasteiger charge is 2.31. The summed E-state index contributed by atoms with van der Waals surface area (Å²) in [6.07, 6.45) is 2.16. The van der Waals surface area contributed by atoms with E-state index in [9.17, 15) is 4.79 Å². The normalized spacial score (nSPS) is 22.4. The number of ether oxygens (including phenoxy) is 1. The molecule has 98 valence electrons. The molecule has 1 N–H and O–H groups in total. The molecule has 0 radical (unpaired) electrons. The van der Waals surface area contributed by atoms with Crippen molar-refractivity contribution in [1.82, 2.24) is 5.32 Å². The first-order valence-electron chi connectivity index (χ1n) is 6.29. The zero-order chi connectivity index (χ0) is 13.1. The second kappa shape index (κ2) is 5.85.